The lowest BCUT2D eigenvalue weighted by Crippen LogP contribution is -2.41. The Morgan fingerprint density at radius 1 is 1.40 bits per heavy atom. The molecule has 0 bridgehead atoms. The summed E-state index contributed by atoms with van der Waals surface area (Å²) in [6.45, 7) is 0. The van der Waals surface area contributed by atoms with Crippen molar-refractivity contribution in [2.45, 2.75) is 6.04 Å². The molecule has 0 spiro atoms. The summed E-state index contributed by atoms with van der Waals surface area (Å²) in [5.74, 6) is -0.675. The zero-order valence-corrected chi connectivity index (χ0v) is 8.70. The van der Waals surface area contributed by atoms with Crippen molar-refractivity contribution in [2.75, 3.05) is 14.1 Å². The minimum absolute atomic E-state index is 0.327. The average molecular weight is 211 g/mol. The van der Waals surface area contributed by atoms with E-state index in [1.807, 2.05) is 0 Å². The first-order chi connectivity index (χ1) is 7.00. The molecule has 0 aliphatic rings. The summed E-state index contributed by atoms with van der Waals surface area (Å²) in [6, 6.07) is 4.76. The van der Waals surface area contributed by atoms with E-state index in [0.717, 1.165) is 0 Å². The number of amides is 1. The Morgan fingerprint density at radius 3 is 2.40 bits per heavy atom. The molecule has 82 valence electrons. The van der Waals surface area contributed by atoms with Gasteiger partial charge in [-0.2, -0.15) is 0 Å². The maximum absolute atomic E-state index is 12.6. The number of hydrazine groups is 1. The zero-order chi connectivity index (χ0) is 11.4. The fraction of sp³-hybridized carbons (Fsp3) is 0.300. The molecule has 1 aromatic rings. The third kappa shape index (κ3) is 3.30. The van der Waals surface area contributed by atoms with E-state index < -0.39 is 6.04 Å². The summed E-state index contributed by atoms with van der Waals surface area (Å²) >= 11 is 0. The van der Waals surface area contributed by atoms with Gasteiger partial charge in [-0.15, -0.1) is 0 Å². The van der Waals surface area contributed by atoms with Gasteiger partial charge in [0.1, 0.15) is 11.9 Å². The van der Waals surface area contributed by atoms with Crippen LogP contribution in [-0.4, -0.2) is 25.0 Å². The maximum atomic E-state index is 12.6. The fourth-order valence-corrected chi connectivity index (χ4v) is 1.11. The van der Waals surface area contributed by atoms with Crippen molar-refractivity contribution in [3.8, 4) is 0 Å². The number of carbonyl (C=O) groups is 1. The third-order valence-corrected chi connectivity index (χ3v) is 1.85. The highest BCUT2D eigenvalue weighted by atomic mass is 19.1. The third-order valence-electron chi connectivity index (χ3n) is 1.85. The predicted molar refractivity (Wildman–Crippen MR) is 55.2 cm³/mol. The summed E-state index contributed by atoms with van der Waals surface area (Å²) in [7, 11) is 3.38. The van der Waals surface area contributed by atoms with E-state index in [1.165, 1.54) is 29.3 Å². The van der Waals surface area contributed by atoms with Crippen LogP contribution in [0.15, 0.2) is 24.3 Å². The van der Waals surface area contributed by atoms with Crippen LogP contribution in [0.1, 0.15) is 11.6 Å². The summed E-state index contributed by atoms with van der Waals surface area (Å²) in [5, 5.41) is 1.51. The normalized spacial score (nSPS) is 12.6. The van der Waals surface area contributed by atoms with Crippen LogP contribution in [0.3, 0.4) is 0 Å². The molecule has 15 heavy (non-hydrogen) atoms. The lowest BCUT2D eigenvalue weighted by molar-refractivity contribution is -0.126. The van der Waals surface area contributed by atoms with Gasteiger partial charge in [-0.1, -0.05) is 12.1 Å². The zero-order valence-electron chi connectivity index (χ0n) is 8.70. The van der Waals surface area contributed by atoms with Crippen molar-refractivity contribution < 1.29 is 9.18 Å². The van der Waals surface area contributed by atoms with Crippen LogP contribution < -0.4 is 11.2 Å². The summed E-state index contributed by atoms with van der Waals surface area (Å²) in [4.78, 5) is 11.5. The Balaban J connectivity index is 2.71. The summed E-state index contributed by atoms with van der Waals surface area (Å²) < 4.78 is 12.6. The van der Waals surface area contributed by atoms with Crippen molar-refractivity contribution in [1.29, 1.82) is 0 Å². The lowest BCUT2D eigenvalue weighted by Gasteiger charge is -2.16. The molecule has 0 aliphatic heterocycles. The molecule has 1 rings (SSSR count). The number of carbonyl (C=O) groups excluding carboxylic acids is 1. The topological polar surface area (TPSA) is 58.4 Å². The summed E-state index contributed by atoms with van der Waals surface area (Å²) in [6.07, 6.45) is 0. The molecule has 0 saturated heterocycles. The van der Waals surface area contributed by atoms with Gasteiger partial charge in [0.05, 0.1) is 0 Å². The van der Waals surface area contributed by atoms with E-state index in [9.17, 15) is 9.18 Å². The van der Waals surface area contributed by atoms with Crippen LogP contribution in [0, 0.1) is 5.82 Å². The molecule has 1 atom stereocenters. The van der Waals surface area contributed by atoms with Gasteiger partial charge in [0, 0.05) is 14.1 Å². The smallest absolute Gasteiger partial charge is 0.255 e. The van der Waals surface area contributed by atoms with Gasteiger partial charge in [-0.25, -0.2) is 9.40 Å². The number of hydrogen-bond acceptors (Lipinski definition) is 3. The second-order valence-corrected chi connectivity index (χ2v) is 3.40. The monoisotopic (exact) mass is 211 g/mol. The molecule has 0 saturated carbocycles. The molecule has 0 heterocycles. The molecular formula is C10H14FN3O. The Morgan fingerprint density at radius 2 is 1.93 bits per heavy atom. The number of benzene rings is 1. The molecule has 1 aromatic carbocycles. The van der Waals surface area contributed by atoms with Gasteiger partial charge in [-0.05, 0) is 17.7 Å². The van der Waals surface area contributed by atoms with Crippen molar-refractivity contribution in [1.82, 2.24) is 10.4 Å². The van der Waals surface area contributed by atoms with Crippen molar-refractivity contribution >= 4 is 5.91 Å². The van der Waals surface area contributed by atoms with Gasteiger partial charge in [0.15, 0.2) is 0 Å². The lowest BCUT2D eigenvalue weighted by atomic mass is 10.1. The first-order valence-corrected chi connectivity index (χ1v) is 4.49. The molecule has 0 fully saturated rings. The van der Waals surface area contributed by atoms with Gasteiger partial charge in [0.25, 0.3) is 5.91 Å². The van der Waals surface area contributed by atoms with E-state index in [0.29, 0.717) is 5.56 Å². The van der Waals surface area contributed by atoms with Crippen molar-refractivity contribution in [3.05, 3.63) is 35.6 Å². The van der Waals surface area contributed by atoms with Crippen molar-refractivity contribution in [3.63, 3.8) is 0 Å². The number of nitrogens with two attached hydrogens (primary N) is 1. The van der Waals surface area contributed by atoms with Crippen LogP contribution in [0.2, 0.25) is 0 Å². The first kappa shape index (κ1) is 11.6. The maximum Gasteiger partial charge on any atom is 0.255 e. The van der Waals surface area contributed by atoms with E-state index in [-0.39, 0.29) is 11.7 Å². The number of rotatable bonds is 3. The Hall–Kier alpha value is -1.46. The minimum atomic E-state index is -0.784. The number of halogens is 1. The van der Waals surface area contributed by atoms with E-state index in [2.05, 4.69) is 5.43 Å². The van der Waals surface area contributed by atoms with Gasteiger partial charge in [0.2, 0.25) is 0 Å². The molecule has 3 N–H and O–H groups in total. The minimum Gasteiger partial charge on any atom is -0.316 e. The van der Waals surface area contributed by atoms with Crippen LogP contribution in [0.4, 0.5) is 4.39 Å². The molecule has 0 aliphatic carbocycles. The number of nitrogens with one attached hydrogen (secondary N) is 1. The van der Waals surface area contributed by atoms with Gasteiger partial charge < -0.3 is 5.73 Å². The molecule has 1 amide bonds. The van der Waals surface area contributed by atoms with Crippen molar-refractivity contribution in [2.24, 2.45) is 5.73 Å². The summed E-state index contributed by atoms with van der Waals surface area (Å²) in [5.41, 5.74) is 8.79. The molecule has 0 aromatic heterocycles. The van der Waals surface area contributed by atoms with Crippen LogP contribution in [-0.2, 0) is 4.79 Å². The largest absolute Gasteiger partial charge is 0.316 e. The number of nitrogens with zero attached hydrogens (tertiary/aromatic N) is 1. The van der Waals surface area contributed by atoms with E-state index >= 15 is 0 Å². The first-order valence-electron chi connectivity index (χ1n) is 4.49. The standard InChI is InChI=1S/C10H14FN3O/c1-14(2)13-10(15)9(12)7-3-5-8(11)6-4-7/h3-6,9H,12H2,1-2H3,(H,13,15). The van der Waals surface area contributed by atoms with E-state index in [1.54, 1.807) is 14.1 Å². The van der Waals surface area contributed by atoms with Crippen LogP contribution in [0.25, 0.3) is 0 Å². The predicted octanol–water partition coefficient (Wildman–Crippen LogP) is 0.418. The van der Waals surface area contributed by atoms with Gasteiger partial charge >= 0.3 is 0 Å². The quantitative estimate of drug-likeness (QED) is 0.712. The Labute approximate surface area is 87.8 Å². The molecule has 5 heteroatoms. The molecule has 1 unspecified atom stereocenters. The van der Waals surface area contributed by atoms with Gasteiger partial charge in [-0.3, -0.25) is 10.2 Å². The van der Waals surface area contributed by atoms with E-state index in [4.69, 9.17) is 5.73 Å². The van der Waals surface area contributed by atoms with Crippen LogP contribution >= 0.6 is 0 Å². The highest BCUT2D eigenvalue weighted by Gasteiger charge is 2.15. The highest BCUT2D eigenvalue weighted by Crippen LogP contribution is 2.10. The second kappa shape index (κ2) is 4.86. The molecular weight excluding hydrogens is 197 g/mol. The highest BCUT2D eigenvalue weighted by molar-refractivity contribution is 5.82. The second-order valence-electron chi connectivity index (χ2n) is 3.40. The average Bonchev–Trinajstić information content (AvgIpc) is 2.17. The molecule has 4 nitrogen and oxygen atoms in total. The van der Waals surface area contributed by atoms with Crippen LogP contribution in [0.5, 0.6) is 0 Å². The SMILES string of the molecule is CN(C)NC(=O)C(N)c1ccc(F)cc1. The Kier molecular flexibility index (Phi) is 3.76. The Bertz CT molecular complexity index is 337. The fourth-order valence-electron chi connectivity index (χ4n) is 1.11. The number of hydrogen-bond donors (Lipinski definition) is 2. The molecule has 0 radical (unpaired) electrons.